The van der Waals surface area contributed by atoms with E-state index >= 15 is 0 Å². The molecular weight excluding hydrogens is 300 g/mol. The first-order chi connectivity index (χ1) is 11.6. The van der Waals surface area contributed by atoms with Crippen LogP contribution in [0, 0.1) is 32.6 Å². The minimum Gasteiger partial charge on any atom is -0.356 e. The number of aryl methyl sites for hydroxylation is 2. The lowest BCUT2D eigenvalue weighted by Crippen LogP contribution is -2.29. The molecule has 0 aromatic carbocycles. The maximum Gasteiger partial charge on any atom is 0.135 e. The Morgan fingerprint density at radius 1 is 0.917 bits per heavy atom. The first-order valence-corrected chi connectivity index (χ1v) is 8.63. The van der Waals surface area contributed by atoms with Crippen LogP contribution in [-0.2, 0) is 6.54 Å². The summed E-state index contributed by atoms with van der Waals surface area (Å²) >= 11 is 0. The summed E-state index contributed by atoms with van der Waals surface area (Å²) in [5.41, 5.74) is 3.50. The van der Waals surface area contributed by atoms with Crippen molar-refractivity contribution in [2.75, 3.05) is 31.1 Å². The van der Waals surface area contributed by atoms with Gasteiger partial charge in [0, 0.05) is 61.9 Å². The van der Waals surface area contributed by atoms with Crippen LogP contribution in [0.4, 0.5) is 5.82 Å². The van der Waals surface area contributed by atoms with Gasteiger partial charge in [-0.1, -0.05) is 0 Å². The van der Waals surface area contributed by atoms with Gasteiger partial charge in [0.15, 0.2) is 0 Å². The van der Waals surface area contributed by atoms with Gasteiger partial charge in [-0.25, -0.2) is 19.9 Å². The summed E-state index contributed by atoms with van der Waals surface area (Å²) in [6.07, 6.45) is 5.60. The molecule has 6 nitrogen and oxygen atoms in total. The zero-order valence-electron chi connectivity index (χ0n) is 14.6. The average molecular weight is 324 g/mol. The van der Waals surface area contributed by atoms with Gasteiger partial charge in [0.1, 0.15) is 18.0 Å². The molecule has 0 spiro atoms. The monoisotopic (exact) mass is 324 g/mol. The number of anilines is 1. The molecule has 4 heterocycles. The van der Waals surface area contributed by atoms with Crippen LogP contribution in [0.25, 0.3) is 0 Å². The average Bonchev–Trinajstić information content (AvgIpc) is 3.10. The van der Waals surface area contributed by atoms with E-state index in [4.69, 9.17) is 0 Å². The highest BCUT2D eigenvalue weighted by Gasteiger charge is 2.40. The maximum atomic E-state index is 4.53. The van der Waals surface area contributed by atoms with Gasteiger partial charge in [-0.2, -0.15) is 0 Å². The number of fused-ring (bicyclic) bond motifs is 1. The van der Waals surface area contributed by atoms with Gasteiger partial charge in [-0.3, -0.25) is 4.90 Å². The van der Waals surface area contributed by atoms with Crippen molar-refractivity contribution in [3.05, 3.63) is 41.4 Å². The summed E-state index contributed by atoms with van der Waals surface area (Å²) in [7, 11) is 0. The largest absolute Gasteiger partial charge is 0.356 e. The number of nitrogens with zero attached hydrogens (tertiary/aromatic N) is 6. The molecule has 2 atom stereocenters. The van der Waals surface area contributed by atoms with Crippen molar-refractivity contribution in [1.82, 2.24) is 24.8 Å². The van der Waals surface area contributed by atoms with E-state index in [2.05, 4.69) is 43.6 Å². The summed E-state index contributed by atoms with van der Waals surface area (Å²) in [5, 5.41) is 0. The fraction of sp³-hybridized carbons (Fsp3) is 0.556. The summed E-state index contributed by atoms with van der Waals surface area (Å²) < 4.78 is 0. The predicted molar refractivity (Wildman–Crippen MR) is 92.7 cm³/mol. The van der Waals surface area contributed by atoms with E-state index in [1.54, 1.807) is 6.33 Å². The van der Waals surface area contributed by atoms with E-state index in [1.165, 1.54) is 11.1 Å². The smallest absolute Gasteiger partial charge is 0.135 e. The summed E-state index contributed by atoms with van der Waals surface area (Å²) in [6, 6.07) is 0. The normalized spacial score (nSPS) is 23.7. The quantitative estimate of drug-likeness (QED) is 0.857. The van der Waals surface area contributed by atoms with Crippen LogP contribution in [0.15, 0.2) is 18.7 Å². The summed E-state index contributed by atoms with van der Waals surface area (Å²) in [6.45, 7) is 11.6. The van der Waals surface area contributed by atoms with Crippen LogP contribution >= 0.6 is 0 Å². The van der Waals surface area contributed by atoms with E-state index < -0.39 is 0 Å². The lowest BCUT2D eigenvalue weighted by Gasteiger charge is -2.23. The molecule has 24 heavy (non-hydrogen) atoms. The molecule has 2 unspecified atom stereocenters. The van der Waals surface area contributed by atoms with Gasteiger partial charge in [0.05, 0.1) is 0 Å². The molecule has 2 saturated heterocycles. The minimum absolute atomic E-state index is 0.728. The molecular formula is C18H24N6. The fourth-order valence-electron chi connectivity index (χ4n) is 4.00. The van der Waals surface area contributed by atoms with Crippen molar-refractivity contribution in [1.29, 1.82) is 0 Å². The highest BCUT2D eigenvalue weighted by atomic mass is 15.3. The van der Waals surface area contributed by atoms with Gasteiger partial charge in [-0.15, -0.1) is 0 Å². The molecule has 0 aliphatic carbocycles. The number of aromatic nitrogens is 4. The Hall–Kier alpha value is -2.08. The number of hydrogen-bond donors (Lipinski definition) is 0. The zero-order valence-corrected chi connectivity index (χ0v) is 14.6. The topological polar surface area (TPSA) is 58.0 Å². The van der Waals surface area contributed by atoms with E-state index in [1.807, 2.05) is 19.3 Å². The molecule has 0 amide bonds. The summed E-state index contributed by atoms with van der Waals surface area (Å²) in [4.78, 5) is 22.4. The van der Waals surface area contributed by atoms with Crippen molar-refractivity contribution < 1.29 is 0 Å². The van der Waals surface area contributed by atoms with Gasteiger partial charge < -0.3 is 4.90 Å². The number of hydrogen-bond acceptors (Lipinski definition) is 6. The Balaban J connectivity index is 1.40. The molecule has 0 radical (unpaired) electrons. The Morgan fingerprint density at radius 3 is 2.25 bits per heavy atom. The fourth-order valence-corrected chi connectivity index (χ4v) is 4.00. The van der Waals surface area contributed by atoms with Crippen molar-refractivity contribution in [3.8, 4) is 0 Å². The number of likely N-dealkylation sites (tertiary alicyclic amines) is 1. The SMILES string of the molecule is Cc1ncc(CN2CC3CN(c4ncnc(C)c4C)CC3C2)cn1. The molecule has 4 rings (SSSR count). The third-order valence-electron chi connectivity index (χ3n) is 5.41. The molecule has 2 aromatic rings. The third-order valence-corrected chi connectivity index (χ3v) is 5.41. The molecule has 6 heteroatoms. The molecule has 2 aliphatic rings. The highest BCUT2D eigenvalue weighted by molar-refractivity contribution is 5.48. The third kappa shape index (κ3) is 2.86. The maximum absolute atomic E-state index is 4.53. The number of rotatable bonds is 3. The first-order valence-electron chi connectivity index (χ1n) is 8.63. The predicted octanol–water partition coefficient (Wildman–Crippen LogP) is 1.76. The molecule has 0 N–H and O–H groups in total. The van der Waals surface area contributed by atoms with Gasteiger partial charge >= 0.3 is 0 Å². The molecule has 2 aromatic heterocycles. The van der Waals surface area contributed by atoms with E-state index in [9.17, 15) is 0 Å². The van der Waals surface area contributed by atoms with Crippen LogP contribution in [0.5, 0.6) is 0 Å². The van der Waals surface area contributed by atoms with Crippen molar-refractivity contribution >= 4 is 5.82 Å². The molecule has 0 saturated carbocycles. The van der Waals surface area contributed by atoms with Crippen LogP contribution in [0.2, 0.25) is 0 Å². The first kappa shape index (κ1) is 15.4. The minimum atomic E-state index is 0.728. The molecule has 0 bridgehead atoms. The van der Waals surface area contributed by atoms with E-state index in [-0.39, 0.29) is 0 Å². The van der Waals surface area contributed by atoms with Gasteiger partial charge in [0.25, 0.3) is 0 Å². The second-order valence-electron chi connectivity index (χ2n) is 7.17. The second-order valence-corrected chi connectivity index (χ2v) is 7.17. The van der Waals surface area contributed by atoms with Crippen LogP contribution < -0.4 is 4.90 Å². The van der Waals surface area contributed by atoms with Crippen LogP contribution in [0.1, 0.15) is 22.6 Å². The Bertz CT molecular complexity index is 715. The standard InChI is InChI=1S/C18H24N6/c1-12-13(2)21-11-22-18(12)24-9-16-7-23(8-17(16)10-24)6-15-4-19-14(3)20-5-15/h4-5,11,16-17H,6-10H2,1-3H3. The second kappa shape index (κ2) is 6.09. The van der Waals surface area contributed by atoms with Crippen molar-refractivity contribution in [3.63, 3.8) is 0 Å². The van der Waals surface area contributed by atoms with Gasteiger partial charge in [0.2, 0.25) is 0 Å². The Kier molecular flexibility index (Phi) is 3.92. The Labute approximate surface area is 143 Å². The van der Waals surface area contributed by atoms with Crippen LogP contribution in [0.3, 0.4) is 0 Å². The van der Waals surface area contributed by atoms with Crippen molar-refractivity contribution in [2.24, 2.45) is 11.8 Å². The lowest BCUT2D eigenvalue weighted by atomic mass is 10.0. The van der Waals surface area contributed by atoms with E-state index in [0.717, 1.165) is 61.9 Å². The van der Waals surface area contributed by atoms with Crippen LogP contribution in [-0.4, -0.2) is 51.0 Å². The van der Waals surface area contributed by atoms with E-state index in [0.29, 0.717) is 0 Å². The zero-order chi connectivity index (χ0) is 16.7. The molecule has 2 aliphatic heterocycles. The molecule has 2 fully saturated rings. The molecule has 126 valence electrons. The highest BCUT2D eigenvalue weighted by Crippen LogP contribution is 2.34. The van der Waals surface area contributed by atoms with Gasteiger partial charge in [-0.05, 0) is 32.6 Å². The summed E-state index contributed by atoms with van der Waals surface area (Å²) in [5.74, 6) is 3.41. The lowest BCUT2D eigenvalue weighted by molar-refractivity contribution is 0.308. The van der Waals surface area contributed by atoms with Crippen molar-refractivity contribution in [2.45, 2.75) is 27.3 Å². The Morgan fingerprint density at radius 2 is 1.58 bits per heavy atom.